The number of aryl methyl sites for hydroxylation is 2. The predicted molar refractivity (Wildman–Crippen MR) is 88.0 cm³/mol. The second kappa shape index (κ2) is 4.27. The molecule has 0 aliphatic carbocycles. The van der Waals surface area contributed by atoms with E-state index in [1.165, 1.54) is 0 Å². The van der Waals surface area contributed by atoms with E-state index in [1.807, 2.05) is 33.9 Å². The topological polar surface area (TPSA) is 48.0 Å². The second-order valence-corrected chi connectivity index (χ2v) is 5.78. The van der Waals surface area contributed by atoms with Gasteiger partial charge in [0.2, 0.25) is 5.78 Å². The van der Waals surface area contributed by atoms with Crippen molar-refractivity contribution in [1.29, 1.82) is 0 Å². The molecule has 110 valence electrons. The van der Waals surface area contributed by atoms with Crippen LogP contribution in [-0.4, -0.2) is 20.9 Å². The molecule has 0 N–H and O–H groups in total. The number of benzene rings is 1. The van der Waals surface area contributed by atoms with E-state index in [0.29, 0.717) is 15.8 Å². The van der Waals surface area contributed by atoms with Crippen molar-refractivity contribution in [3.8, 4) is 5.75 Å². The summed E-state index contributed by atoms with van der Waals surface area (Å²) in [5.74, 6) is 1.47. The molecule has 1 aromatic carbocycles. The maximum Gasteiger partial charge on any atom is 0.220 e. The van der Waals surface area contributed by atoms with Crippen LogP contribution in [0.4, 0.5) is 0 Å². The lowest BCUT2D eigenvalue weighted by Crippen LogP contribution is -2.11. The van der Waals surface area contributed by atoms with Crippen LogP contribution in [0.5, 0.6) is 5.75 Å². The molecule has 5 nitrogen and oxygen atoms in total. The Morgan fingerprint density at radius 1 is 1.27 bits per heavy atom. The SMILES string of the molecule is COc1ccc2c(c1)nc1n3cc(C)c(=O)c(C)c3c(=S)n21. The molecule has 0 unspecified atom stereocenters. The summed E-state index contributed by atoms with van der Waals surface area (Å²) in [7, 11) is 1.63. The molecule has 0 aliphatic heterocycles. The Morgan fingerprint density at radius 3 is 2.77 bits per heavy atom. The summed E-state index contributed by atoms with van der Waals surface area (Å²) < 4.78 is 9.66. The van der Waals surface area contributed by atoms with E-state index in [0.717, 1.165) is 28.1 Å². The van der Waals surface area contributed by atoms with Gasteiger partial charge >= 0.3 is 0 Å². The van der Waals surface area contributed by atoms with Crippen LogP contribution in [0.3, 0.4) is 0 Å². The van der Waals surface area contributed by atoms with Crippen molar-refractivity contribution in [2.75, 3.05) is 7.11 Å². The summed E-state index contributed by atoms with van der Waals surface area (Å²) in [6.45, 7) is 3.62. The monoisotopic (exact) mass is 311 g/mol. The van der Waals surface area contributed by atoms with Crippen LogP contribution in [-0.2, 0) is 0 Å². The average molecular weight is 311 g/mol. The molecule has 0 amide bonds. The van der Waals surface area contributed by atoms with Crippen molar-refractivity contribution in [3.63, 3.8) is 0 Å². The first kappa shape index (κ1) is 13.2. The molecule has 3 heterocycles. The largest absolute Gasteiger partial charge is 0.497 e. The van der Waals surface area contributed by atoms with E-state index in [1.54, 1.807) is 20.2 Å². The number of pyridine rings is 1. The number of aromatic nitrogens is 3. The molecule has 0 radical (unpaired) electrons. The first-order valence-corrected chi connectivity index (χ1v) is 7.28. The molecule has 4 rings (SSSR count). The molecular formula is C16H13N3O2S. The van der Waals surface area contributed by atoms with Gasteiger partial charge in [-0.2, -0.15) is 0 Å². The molecule has 0 aliphatic rings. The molecule has 6 heteroatoms. The molecular weight excluding hydrogens is 298 g/mol. The maximum absolute atomic E-state index is 12.2. The lowest BCUT2D eigenvalue weighted by molar-refractivity contribution is 0.415. The summed E-state index contributed by atoms with van der Waals surface area (Å²) >= 11 is 5.59. The van der Waals surface area contributed by atoms with Gasteiger partial charge in [0.25, 0.3) is 0 Å². The third kappa shape index (κ3) is 1.50. The molecule has 0 bridgehead atoms. The minimum Gasteiger partial charge on any atom is -0.497 e. The van der Waals surface area contributed by atoms with E-state index in [9.17, 15) is 4.79 Å². The van der Waals surface area contributed by atoms with E-state index >= 15 is 0 Å². The molecule has 0 saturated heterocycles. The predicted octanol–water partition coefficient (Wildman–Crippen LogP) is 2.89. The highest BCUT2D eigenvalue weighted by Crippen LogP contribution is 2.25. The third-order valence-corrected chi connectivity index (χ3v) is 4.46. The standard InChI is InChI=1S/C16H13N3O2S/c1-8-7-18-13(9(2)14(8)20)15(22)19-12-5-4-10(21-3)6-11(12)17-16(18)19/h4-7H,1-3H3. The lowest BCUT2D eigenvalue weighted by Gasteiger charge is -2.00. The van der Waals surface area contributed by atoms with Gasteiger partial charge in [-0.1, -0.05) is 12.2 Å². The van der Waals surface area contributed by atoms with Crippen molar-refractivity contribution in [2.24, 2.45) is 0 Å². The fourth-order valence-electron chi connectivity index (χ4n) is 2.96. The average Bonchev–Trinajstić information content (AvgIpc) is 3.00. The van der Waals surface area contributed by atoms with Gasteiger partial charge in [0.15, 0.2) is 5.43 Å². The van der Waals surface area contributed by atoms with Gasteiger partial charge < -0.3 is 4.74 Å². The quantitative estimate of drug-likeness (QED) is 0.507. The first-order chi connectivity index (χ1) is 10.5. The third-order valence-electron chi connectivity index (χ3n) is 4.08. The first-order valence-electron chi connectivity index (χ1n) is 6.87. The van der Waals surface area contributed by atoms with Crippen LogP contribution in [0.1, 0.15) is 11.1 Å². The molecule has 0 spiro atoms. The Balaban J connectivity index is 2.30. The zero-order chi connectivity index (χ0) is 15.6. The summed E-state index contributed by atoms with van der Waals surface area (Å²) in [4.78, 5) is 16.8. The minimum atomic E-state index is 0.0327. The van der Waals surface area contributed by atoms with Gasteiger partial charge in [0.05, 0.1) is 23.7 Å². The highest BCUT2D eigenvalue weighted by Gasteiger charge is 2.16. The zero-order valence-electron chi connectivity index (χ0n) is 12.4. The summed E-state index contributed by atoms with van der Waals surface area (Å²) in [6.07, 6.45) is 1.80. The van der Waals surface area contributed by atoms with Crippen LogP contribution < -0.4 is 10.2 Å². The molecule has 0 saturated carbocycles. The fraction of sp³-hybridized carbons (Fsp3) is 0.188. The zero-order valence-corrected chi connectivity index (χ0v) is 13.2. The van der Waals surface area contributed by atoms with E-state index < -0.39 is 0 Å². The van der Waals surface area contributed by atoms with Crippen molar-refractivity contribution in [2.45, 2.75) is 13.8 Å². The van der Waals surface area contributed by atoms with Crippen molar-refractivity contribution < 1.29 is 4.74 Å². The van der Waals surface area contributed by atoms with Crippen molar-refractivity contribution >= 4 is 34.5 Å². The number of rotatable bonds is 1. The number of methoxy groups -OCH3 is 1. The number of nitrogens with zero attached hydrogens (tertiary/aromatic N) is 3. The number of imidazole rings is 2. The number of ether oxygens (including phenoxy) is 1. The van der Waals surface area contributed by atoms with Gasteiger partial charge in [-0.3, -0.25) is 13.6 Å². The van der Waals surface area contributed by atoms with Crippen molar-refractivity contribution in [3.05, 3.63) is 50.4 Å². The van der Waals surface area contributed by atoms with Gasteiger partial charge in [0, 0.05) is 23.4 Å². The number of hydrogen-bond acceptors (Lipinski definition) is 4. The normalized spacial score (nSPS) is 11.8. The second-order valence-electron chi connectivity index (χ2n) is 5.39. The van der Waals surface area contributed by atoms with Gasteiger partial charge in [-0.15, -0.1) is 0 Å². The molecule has 3 aromatic heterocycles. The highest BCUT2D eigenvalue weighted by molar-refractivity contribution is 7.71. The Labute approximate surface area is 130 Å². The summed E-state index contributed by atoms with van der Waals surface area (Å²) in [6, 6.07) is 5.69. The minimum absolute atomic E-state index is 0.0327. The van der Waals surface area contributed by atoms with Gasteiger partial charge in [0.1, 0.15) is 10.4 Å². The smallest absolute Gasteiger partial charge is 0.220 e. The summed E-state index contributed by atoms with van der Waals surface area (Å²) in [5.41, 5.74) is 3.86. The molecule has 0 fully saturated rings. The molecule has 0 atom stereocenters. The van der Waals surface area contributed by atoms with Gasteiger partial charge in [-0.25, -0.2) is 4.98 Å². The lowest BCUT2D eigenvalue weighted by atomic mass is 10.2. The molecule has 4 aromatic rings. The van der Waals surface area contributed by atoms with Crippen LogP contribution in [0.25, 0.3) is 22.3 Å². The Morgan fingerprint density at radius 2 is 2.05 bits per heavy atom. The summed E-state index contributed by atoms with van der Waals surface area (Å²) in [5, 5.41) is 0. The fourth-order valence-corrected chi connectivity index (χ4v) is 3.40. The van der Waals surface area contributed by atoms with Crippen LogP contribution >= 0.6 is 12.2 Å². The number of fused-ring (bicyclic) bond motifs is 5. The van der Waals surface area contributed by atoms with Crippen LogP contribution in [0, 0.1) is 18.5 Å². The van der Waals surface area contributed by atoms with Crippen molar-refractivity contribution in [1.82, 2.24) is 13.8 Å². The van der Waals surface area contributed by atoms with E-state index in [4.69, 9.17) is 17.0 Å². The van der Waals surface area contributed by atoms with E-state index in [2.05, 4.69) is 4.98 Å². The van der Waals surface area contributed by atoms with Gasteiger partial charge in [-0.05, 0) is 26.0 Å². The Bertz CT molecular complexity index is 1170. The van der Waals surface area contributed by atoms with Crippen LogP contribution in [0.2, 0.25) is 0 Å². The van der Waals surface area contributed by atoms with Crippen LogP contribution in [0.15, 0.2) is 29.2 Å². The Kier molecular flexibility index (Phi) is 2.56. The van der Waals surface area contributed by atoms with E-state index in [-0.39, 0.29) is 5.43 Å². The maximum atomic E-state index is 12.2. The number of hydrogen-bond donors (Lipinski definition) is 0. The molecule has 22 heavy (non-hydrogen) atoms. The Hall–Kier alpha value is -2.47. The highest BCUT2D eigenvalue weighted by atomic mass is 32.1.